The van der Waals surface area contributed by atoms with Crippen molar-refractivity contribution in [3.63, 3.8) is 0 Å². The van der Waals surface area contributed by atoms with Crippen molar-refractivity contribution in [3.05, 3.63) is 0 Å². The number of aliphatic hydroxyl groups is 2. The molecular weight excluding hydrogens is 168 g/mol. The molecule has 1 rings (SSSR count). The van der Waals surface area contributed by atoms with Gasteiger partial charge in [0.1, 0.15) is 0 Å². The molecule has 0 aromatic rings. The first-order chi connectivity index (χ1) is 5.76. The molecule has 0 radical (unpaired) electrons. The molecule has 1 aliphatic rings. The Bertz CT molecular complexity index is 183. The van der Waals surface area contributed by atoms with Crippen LogP contribution in [0.15, 0.2) is 0 Å². The monoisotopic (exact) mass is 188 g/mol. The lowest BCUT2D eigenvalue weighted by atomic mass is 9.94. The molecule has 1 saturated heterocycles. The van der Waals surface area contributed by atoms with Crippen LogP contribution in [-0.4, -0.2) is 33.6 Å². The van der Waals surface area contributed by atoms with Gasteiger partial charge in [-0.2, -0.15) is 0 Å². The topological polar surface area (TPSA) is 49.7 Å². The Kier molecular flexibility index (Phi) is 2.72. The predicted molar refractivity (Wildman–Crippen MR) is 50.5 cm³/mol. The van der Waals surface area contributed by atoms with Crippen molar-refractivity contribution < 1.29 is 14.9 Å². The van der Waals surface area contributed by atoms with E-state index < -0.39 is 17.3 Å². The summed E-state index contributed by atoms with van der Waals surface area (Å²) >= 11 is 0. The van der Waals surface area contributed by atoms with Crippen molar-refractivity contribution in [1.29, 1.82) is 0 Å². The summed E-state index contributed by atoms with van der Waals surface area (Å²) < 4.78 is 5.67. The first-order valence-electron chi connectivity index (χ1n) is 4.84. The minimum atomic E-state index is -0.813. The Morgan fingerprint density at radius 1 is 1.54 bits per heavy atom. The van der Waals surface area contributed by atoms with Crippen LogP contribution in [0.5, 0.6) is 0 Å². The summed E-state index contributed by atoms with van der Waals surface area (Å²) in [6, 6.07) is 0. The van der Waals surface area contributed by atoms with E-state index in [2.05, 4.69) is 0 Å². The van der Waals surface area contributed by atoms with E-state index in [1.165, 1.54) is 0 Å². The highest BCUT2D eigenvalue weighted by Crippen LogP contribution is 2.37. The minimum Gasteiger partial charge on any atom is -0.390 e. The van der Waals surface area contributed by atoms with E-state index in [1.54, 1.807) is 20.8 Å². The fraction of sp³-hybridized carbons (Fsp3) is 1.00. The standard InChI is InChI=1S/C10H20O3/c1-7(11)10(4)6-5-8(13-10)9(2,3)12/h7-8,11-12H,5-6H2,1-4H3. The molecule has 0 aromatic carbocycles. The Morgan fingerprint density at radius 3 is 2.31 bits per heavy atom. The van der Waals surface area contributed by atoms with Crippen molar-refractivity contribution in [2.75, 3.05) is 0 Å². The minimum absolute atomic E-state index is 0.160. The highest BCUT2D eigenvalue weighted by Gasteiger charge is 2.44. The average Bonchev–Trinajstić information content (AvgIpc) is 2.31. The zero-order valence-corrected chi connectivity index (χ0v) is 8.87. The molecule has 0 spiro atoms. The van der Waals surface area contributed by atoms with E-state index in [0.717, 1.165) is 12.8 Å². The van der Waals surface area contributed by atoms with E-state index in [4.69, 9.17) is 4.74 Å². The smallest absolute Gasteiger partial charge is 0.0915 e. The van der Waals surface area contributed by atoms with E-state index in [-0.39, 0.29) is 6.10 Å². The number of hydrogen-bond donors (Lipinski definition) is 2. The molecule has 2 N–H and O–H groups in total. The normalized spacial score (nSPS) is 37.8. The van der Waals surface area contributed by atoms with Crippen molar-refractivity contribution in [2.24, 2.45) is 0 Å². The second-order valence-electron chi connectivity index (χ2n) is 4.79. The van der Waals surface area contributed by atoms with Crippen LogP contribution in [0.3, 0.4) is 0 Å². The largest absolute Gasteiger partial charge is 0.390 e. The molecule has 3 unspecified atom stereocenters. The average molecular weight is 188 g/mol. The zero-order chi connectivity index (χ0) is 10.3. The highest BCUT2D eigenvalue weighted by molar-refractivity contribution is 4.94. The van der Waals surface area contributed by atoms with Gasteiger partial charge in [-0.25, -0.2) is 0 Å². The van der Waals surface area contributed by atoms with Gasteiger partial charge in [0, 0.05) is 0 Å². The third-order valence-corrected chi connectivity index (χ3v) is 2.99. The summed E-state index contributed by atoms with van der Waals surface area (Å²) in [4.78, 5) is 0. The third kappa shape index (κ3) is 2.22. The quantitative estimate of drug-likeness (QED) is 0.681. The van der Waals surface area contributed by atoms with Gasteiger partial charge in [0.05, 0.1) is 23.4 Å². The molecule has 78 valence electrons. The molecule has 1 aliphatic heterocycles. The second-order valence-corrected chi connectivity index (χ2v) is 4.79. The van der Waals surface area contributed by atoms with Gasteiger partial charge in [0.15, 0.2) is 0 Å². The summed E-state index contributed by atoms with van der Waals surface area (Å²) in [5.74, 6) is 0. The van der Waals surface area contributed by atoms with Crippen LogP contribution < -0.4 is 0 Å². The summed E-state index contributed by atoms with van der Waals surface area (Å²) in [6.45, 7) is 7.10. The van der Waals surface area contributed by atoms with E-state index in [1.807, 2.05) is 6.92 Å². The number of rotatable bonds is 2. The summed E-state index contributed by atoms with van der Waals surface area (Å²) in [5.41, 5.74) is -1.29. The van der Waals surface area contributed by atoms with Crippen LogP contribution >= 0.6 is 0 Å². The van der Waals surface area contributed by atoms with Crippen LogP contribution in [0.4, 0.5) is 0 Å². The molecule has 0 aliphatic carbocycles. The molecular formula is C10H20O3. The van der Waals surface area contributed by atoms with Crippen LogP contribution in [0.1, 0.15) is 40.5 Å². The number of ether oxygens (including phenoxy) is 1. The molecule has 3 atom stereocenters. The molecule has 3 heteroatoms. The van der Waals surface area contributed by atoms with Gasteiger partial charge in [-0.1, -0.05) is 0 Å². The van der Waals surface area contributed by atoms with Gasteiger partial charge in [-0.15, -0.1) is 0 Å². The Labute approximate surface area is 79.7 Å². The lowest BCUT2D eigenvalue weighted by Crippen LogP contribution is -2.42. The van der Waals surface area contributed by atoms with Gasteiger partial charge < -0.3 is 14.9 Å². The molecule has 13 heavy (non-hydrogen) atoms. The second kappa shape index (κ2) is 3.23. The summed E-state index contributed by atoms with van der Waals surface area (Å²) in [5, 5.41) is 19.2. The molecule has 1 heterocycles. The van der Waals surface area contributed by atoms with Gasteiger partial charge in [0.25, 0.3) is 0 Å². The van der Waals surface area contributed by atoms with Crippen LogP contribution in [0, 0.1) is 0 Å². The lowest BCUT2D eigenvalue weighted by molar-refractivity contribution is -0.148. The first kappa shape index (κ1) is 11.0. The third-order valence-electron chi connectivity index (χ3n) is 2.99. The fourth-order valence-corrected chi connectivity index (χ4v) is 1.67. The number of hydrogen-bond acceptors (Lipinski definition) is 3. The summed E-state index contributed by atoms with van der Waals surface area (Å²) in [6.07, 6.45) is 0.969. The molecule has 1 fully saturated rings. The Morgan fingerprint density at radius 2 is 2.08 bits per heavy atom. The molecule has 0 aromatic heterocycles. The molecule has 0 amide bonds. The van der Waals surface area contributed by atoms with Gasteiger partial charge in [-0.3, -0.25) is 0 Å². The van der Waals surface area contributed by atoms with Gasteiger partial charge in [0.2, 0.25) is 0 Å². The Hall–Kier alpha value is -0.120. The predicted octanol–water partition coefficient (Wildman–Crippen LogP) is 1.08. The lowest BCUT2D eigenvalue weighted by Gasteiger charge is -2.31. The first-order valence-corrected chi connectivity index (χ1v) is 4.84. The molecule has 3 nitrogen and oxygen atoms in total. The highest BCUT2D eigenvalue weighted by atomic mass is 16.5. The van der Waals surface area contributed by atoms with Crippen molar-refractivity contribution >= 4 is 0 Å². The van der Waals surface area contributed by atoms with Crippen molar-refractivity contribution in [1.82, 2.24) is 0 Å². The van der Waals surface area contributed by atoms with Crippen LogP contribution in [0.2, 0.25) is 0 Å². The zero-order valence-electron chi connectivity index (χ0n) is 8.87. The fourth-order valence-electron chi connectivity index (χ4n) is 1.67. The van der Waals surface area contributed by atoms with Crippen molar-refractivity contribution in [2.45, 2.75) is 63.9 Å². The summed E-state index contributed by atoms with van der Waals surface area (Å²) in [7, 11) is 0. The maximum Gasteiger partial charge on any atom is 0.0915 e. The molecule has 0 saturated carbocycles. The maximum absolute atomic E-state index is 9.72. The van der Waals surface area contributed by atoms with Gasteiger partial charge in [-0.05, 0) is 40.5 Å². The number of aliphatic hydroxyl groups excluding tert-OH is 1. The van der Waals surface area contributed by atoms with Crippen LogP contribution in [-0.2, 0) is 4.74 Å². The Balaban J connectivity index is 2.64. The molecule has 0 bridgehead atoms. The van der Waals surface area contributed by atoms with Gasteiger partial charge >= 0.3 is 0 Å². The van der Waals surface area contributed by atoms with E-state index in [0.29, 0.717) is 0 Å². The van der Waals surface area contributed by atoms with Crippen LogP contribution in [0.25, 0.3) is 0 Å². The SMILES string of the molecule is CC(O)C1(C)CCC(C(C)(C)O)O1. The van der Waals surface area contributed by atoms with E-state index >= 15 is 0 Å². The van der Waals surface area contributed by atoms with Crippen molar-refractivity contribution in [3.8, 4) is 0 Å². The van der Waals surface area contributed by atoms with E-state index in [9.17, 15) is 10.2 Å². The maximum atomic E-state index is 9.72.